The Bertz CT molecular complexity index is 768. The Morgan fingerprint density at radius 3 is 2.83 bits per heavy atom. The maximum atomic E-state index is 14.4. The number of nitrogens with two attached hydrogens (primary N) is 1. The van der Waals surface area contributed by atoms with Crippen molar-refractivity contribution in [1.82, 2.24) is 15.3 Å². The predicted octanol–water partition coefficient (Wildman–Crippen LogP) is 0.936. The smallest absolute Gasteiger partial charge is 0.414 e. The average Bonchev–Trinajstić information content (AvgIpc) is 2.95. The molecule has 1 aliphatic rings. The minimum absolute atomic E-state index is 0.102. The van der Waals surface area contributed by atoms with Gasteiger partial charge in [-0.15, -0.1) is 0 Å². The fraction of sp³-hybridized carbons (Fsp3) is 0.200. The Morgan fingerprint density at radius 1 is 1.42 bits per heavy atom. The number of halogens is 1. The molecule has 1 aromatic heterocycles. The van der Waals surface area contributed by atoms with Crippen LogP contribution < -0.4 is 16.0 Å². The lowest BCUT2D eigenvalue weighted by atomic mass is 10.1. The third-order valence-corrected chi connectivity index (χ3v) is 3.55. The van der Waals surface area contributed by atoms with Crippen LogP contribution in [0.4, 0.5) is 20.8 Å². The minimum atomic E-state index is -0.587. The maximum Gasteiger partial charge on any atom is 0.414 e. The van der Waals surface area contributed by atoms with Crippen molar-refractivity contribution in [2.45, 2.75) is 6.10 Å². The van der Waals surface area contributed by atoms with E-state index >= 15 is 0 Å². The number of nitrogen functional groups attached to an aromatic ring is 1. The maximum absolute atomic E-state index is 14.4. The number of hydrogen-bond acceptors (Lipinski definition) is 6. The number of amides is 2. The number of hydrogen-bond donors (Lipinski definition) is 2. The van der Waals surface area contributed by atoms with Crippen LogP contribution in [0.3, 0.4) is 0 Å². The van der Waals surface area contributed by atoms with Gasteiger partial charge in [0.25, 0.3) is 0 Å². The molecular weight excluding hydrogens is 317 g/mol. The number of anilines is 2. The third-order valence-electron chi connectivity index (χ3n) is 3.55. The fourth-order valence-corrected chi connectivity index (χ4v) is 2.40. The molecule has 0 saturated carbocycles. The second kappa shape index (κ2) is 6.49. The van der Waals surface area contributed by atoms with E-state index in [-0.39, 0.29) is 19.0 Å². The van der Waals surface area contributed by atoms with Crippen molar-refractivity contribution in [1.29, 1.82) is 0 Å². The number of nitrogens with zero attached hydrogens (tertiary/aromatic N) is 3. The van der Waals surface area contributed by atoms with Crippen LogP contribution in [-0.2, 0) is 9.53 Å². The summed E-state index contributed by atoms with van der Waals surface area (Å²) in [5, 5.41) is 2.45. The summed E-state index contributed by atoms with van der Waals surface area (Å²) in [5.41, 5.74) is 6.55. The van der Waals surface area contributed by atoms with Crippen molar-refractivity contribution < 1.29 is 18.7 Å². The van der Waals surface area contributed by atoms with Gasteiger partial charge in [-0.1, -0.05) is 0 Å². The molecule has 124 valence electrons. The van der Waals surface area contributed by atoms with Gasteiger partial charge in [-0.25, -0.2) is 19.2 Å². The molecule has 1 fully saturated rings. The Hall–Kier alpha value is -3.23. The molecule has 8 nitrogen and oxygen atoms in total. The van der Waals surface area contributed by atoms with E-state index in [1.165, 1.54) is 29.4 Å². The zero-order chi connectivity index (χ0) is 17.1. The molecule has 0 radical (unpaired) electrons. The van der Waals surface area contributed by atoms with Gasteiger partial charge in [-0.3, -0.25) is 9.69 Å². The van der Waals surface area contributed by atoms with Crippen molar-refractivity contribution in [3.05, 3.63) is 36.4 Å². The van der Waals surface area contributed by atoms with Gasteiger partial charge in [0.2, 0.25) is 12.4 Å². The number of ether oxygens (including phenoxy) is 1. The third kappa shape index (κ3) is 3.09. The molecule has 0 bridgehead atoms. The molecule has 3 N–H and O–H groups in total. The summed E-state index contributed by atoms with van der Waals surface area (Å²) in [6.45, 7) is 0.429. The molecule has 3 rings (SSSR count). The first-order valence-corrected chi connectivity index (χ1v) is 7.11. The minimum Gasteiger partial charge on any atom is -0.442 e. The molecule has 2 heterocycles. The van der Waals surface area contributed by atoms with Crippen molar-refractivity contribution in [2.75, 3.05) is 23.7 Å². The number of benzene rings is 1. The van der Waals surface area contributed by atoms with Crippen LogP contribution in [0.15, 0.2) is 30.6 Å². The molecule has 1 aliphatic heterocycles. The topological polar surface area (TPSA) is 110 Å². The first-order chi connectivity index (χ1) is 11.6. The summed E-state index contributed by atoms with van der Waals surface area (Å²) in [4.78, 5) is 31.1. The van der Waals surface area contributed by atoms with Crippen LogP contribution in [0, 0.1) is 5.82 Å². The molecule has 1 aromatic carbocycles. The molecule has 2 amide bonds. The normalized spacial score (nSPS) is 16.8. The molecule has 2 aromatic rings. The van der Waals surface area contributed by atoms with Gasteiger partial charge < -0.3 is 15.8 Å². The van der Waals surface area contributed by atoms with Crippen molar-refractivity contribution in [2.24, 2.45) is 0 Å². The lowest BCUT2D eigenvalue weighted by molar-refractivity contribution is -0.109. The summed E-state index contributed by atoms with van der Waals surface area (Å²) in [7, 11) is 0. The van der Waals surface area contributed by atoms with Gasteiger partial charge in [-0.05, 0) is 18.2 Å². The number of aromatic nitrogens is 2. The highest BCUT2D eigenvalue weighted by atomic mass is 19.1. The van der Waals surface area contributed by atoms with Crippen LogP contribution in [0.1, 0.15) is 0 Å². The molecule has 24 heavy (non-hydrogen) atoms. The van der Waals surface area contributed by atoms with E-state index < -0.39 is 18.0 Å². The van der Waals surface area contributed by atoms with Crippen LogP contribution in [0.25, 0.3) is 11.1 Å². The average molecular weight is 331 g/mol. The zero-order valence-corrected chi connectivity index (χ0v) is 12.5. The van der Waals surface area contributed by atoms with Crippen LogP contribution in [0.2, 0.25) is 0 Å². The highest BCUT2D eigenvalue weighted by Crippen LogP contribution is 2.28. The molecule has 1 saturated heterocycles. The van der Waals surface area contributed by atoms with E-state index in [4.69, 9.17) is 10.5 Å². The van der Waals surface area contributed by atoms with E-state index in [1.54, 1.807) is 6.07 Å². The van der Waals surface area contributed by atoms with Crippen molar-refractivity contribution in [3.8, 4) is 11.1 Å². The van der Waals surface area contributed by atoms with Gasteiger partial charge in [0, 0.05) is 23.5 Å². The summed E-state index contributed by atoms with van der Waals surface area (Å²) in [6.07, 6.45) is 2.31. The van der Waals surface area contributed by atoms with E-state index in [9.17, 15) is 14.0 Å². The van der Waals surface area contributed by atoms with Gasteiger partial charge in [0.05, 0.1) is 18.8 Å². The number of carbonyl (C=O) groups excluding carboxylic acids is 2. The molecular formula is C15H14FN5O3. The van der Waals surface area contributed by atoms with Gasteiger partial charge in [-0.2, -0.15) is 0 Å². The molecule has 1 atom stereocenters. The van der Waals surface area contributed by atoms with E-state index in [0.29, 0.717) is 23.2 Å². The Morgan fingerprint density at radius 2 is 2.17 bits per heavy atom. The van der Waals surface area contributed by atoms with E-state index in [1.807, 2.05) is 0 Å². The fourth-order valence-electron chi connectivity index (χ4n) is 2.40. The number of nitrogens with one attached hydrogen (secondary N) is 1. The second-order valence-electron chi connectivity index (χ2n) is 5.14. The largest absolute Gasteiger partial charge is 0.442 e. The monoisotopic (exact) mass is 331 g/mol. The van der Waals surface area contributed by atoms with Crippen LogP contribution >= 0.6 is 0 Å². The van der Waals surface area contributed by atoms with E-state index in [0.717, 1.165) is 0 Å². The highest BCUT2D eigenvalue weighted by Gasteiger charge is 2.32. The van der Waals surface area contributed by atoms with Crippen molar-refractivity contribution in [3.63, 3.8) is 0 Å². The number of cyclic esters (lactones) is 1. The van der Waals surface area contributed by atoms with Crippen LogP contribution in [-0.4, -0.2) is 41.7 Å². The summed E-state index contributed by atoms with van der Waals surface area (Å²) < 4.78 is 19.5. The van der Waals surface area contributed by atoms with Gasteiger partial charge in [0.15, 0.2) is 0 Å². The van der Waals surface area contributed by atoms with E-state index in [2.05, 4.69) is 15.3 Å². The summed E-state index contributed by atoms with van der Waals surface area (Å²) in [5.74, 6) is -0.422. The second-order valence-corrected chi connectivity index (χ2v) is 5.14. The zero-order valence-electron chi connectivity index (χ0n) is 12.5. The molecule has 0 unspecified atom stereocenters. The van der Waals surface area contributed by atoms with Gasteiger partial charge >= 0.3 is 6.09 Å². The highest BCUT2D eigenvalue weighted by molar-refractivity contribution is 5.90. The Kier molecular flexibility index (Phi) is 4.23. The van der Waals surface area contributed by atoms with Crippen LogP contribution in [0.5, 0.6) is 0 Å². The SMILES string of the molecule is Nc1ncc(-c2ccc(N3C[C@H](CNC=O)OC3=O)cc2F)cn1. The predicted molar refractivity (Wildman–Crippen MR) is 83.5 cm³/mol. The molecule has 0 spiro atoms. The lowest BCUT2D eigenvalue weighted by Crippen LogP contribution is -2.30. The first-order valence-electron chi connectivity index (χ1n) is 7.11. The summed E-state index contributed by atoms with van der Waals surface area (Å²) >= 11 is 0. The summed E-state index contributed by atoms with van der Waals surface area (Å²) in [6, 6.07) is 4.37. The standard InChI is InChI=1S/C15H14FN5O3/c16-13-3-10(21-7-11(6-18-8-22)24-15(21)23)1-2-12(13)9-4-19-14(17)20-5-9/h1-5,8,11H,6-7H2,(H,18,22)(H2,17,19,20)/t11-/m0/s1. The first kappa shape index (κ1) is 15.7. The lowest BCUT2D eigenvalue weighted by Gasteiger charge is -2.14. The quantitative estimate of drug-likeness (QED) is 0.789. The van der Waals surface area contributed by atoms with Crippen molar-refractivity contribution >= 4 is 24.1 Å². The Labute approximate surface area is 136 Å². The number of carbonyl (C=O) groups is 2. The van der Waals surface area contributed by atoms with Gasteiger partial charge in [0.1, 0.15) is 11.9 Å². The Balaban J connectivity index is 1.81. The molecule has 0 aliphatic carbocycles. The molecule has 9 heteroatoms. The number of rotatable bonds is 5.